The molecule has 1 unspecified atom stereocenters. The van der Waals surface area contributed by atoms with Crippen LogP contribution in [0, 0.1) is 0 Å². The molecule has 17 heavy (non-hydrogen) atoms. The van der Waals surface area contributed by atoms with Gasteiger partial charge < -0.3 is 9.84 Å². The summed E-state index contributed by atoms with van der Waals surface area (Å²) in [5.74, 6) is -0.802. The van der Waals surface area contributed by atoms with Crippen LogP contribution in [-0.4, -0.2) is 17.7 Å². The van der Waals surface area contributed by atoms with Crippen molar-refractivity contribution in [3.63, 3.8) is 0 Å². The highest BCUT2D eigenvalue weighted by Gasteiger charge is 2.20. The van der Waals surface area contributed by atoms with E-state index < -0.39 is 18.5 Å². The summed E-state index contributed by atoms with van der Waals surface area (Å²) in [7, 11) is 0. The minimum absolute atomic E-state index is 0.145. The Morgan fingerprint density at radius 3 is 2.65 bits per heavy atom. The molecule has 0 saturated heterocycles. The first-order valence-electron chi connectivity index (χ1n) is 4.89. The van der Waals surface area contributed by atoms with Gasteiger partial charge in [0.1, 0.15) is 0 Å². The van der Waals surface area contributed by atoms with Crippen molar-refractivity contribution < 1.29 is 23.4 Å². The minimum atomic E-state index is -2.61. The number of hydrogen-bond donors (Lipinski definition) is 1. The molecule has 0 saturated carbocycles. The number of aliphatic hydroxyl groups is 1. The van der Waals surface area contributed by atoms with Gasteiger partial charge in [0.25, 0.3) is 6.43 Å². The zero-order chi connectivity index (χ0) is 13.0. The smallest absolute Gasteiger partial charge is 0.339 e. The molecule has 0 aliphatic heterocycles. The van der Waals surface area contributed by atoms with E-state index in [0.29, 0.717) is 0 Å². The number of rotatable bonds is 4. The molecule has 0 fully saturated rings. The molecular weight excluding hydrogens is 298 g/mol. The molecule has 0 heterocycles. The average molecular weight is 309 g/mol. The summed E-state index contributed by atoms with van der Waals surface area (Å²) in [6.45, 7) is 1.76. The van der Waals surface area contributed by atoms with Gasteiger partial charge in [0.15, 0.2) is 6.10 Å². The lowest BCUT2D eigenvalue weighted by atomic mass is 10.1. The quantitative estimate of drug-likeness (QED) is 0.870. The van der Waals surface area contributed by atoms with Crippen LogP contribution in [0.5, 0.6) is 0 Å². The summed E-state index contributed by atoms with van der Waals surface area (Å²) in [6, 6.07) is 3.71. The summed E-state index contributed by atoms with van der Waals surface area (Å²) < 4.78 is 29.7. The number of alkyl halides is 2. The van der Waals surface area contributed by atoms with Crippen molar-refractivity contribution >= 4 is 21.9 Å². The molecule has 1 aromatic rings. The molecule has 0 aliphatic carbocycles. The molecule has 0 amide bonds. The first-order valence-corrected chi connectivity index (χ1v) is 5.68. The summed E-state index contributed by atoms with van der Waals surface area (Å²) in [5.41, 5.74) is 0.0181. The number of esters is 1. The van der Waals surface area contributed by atoms with Crippen LogP contribution >= 0.6 is 15.9 Å². The molecule has 0 bridgehead atoms. The van der Waals surface area contributed by atoms with E-state index in [1.807, 2.05) is 0 Å². The van der Waals surface area contributed by atoms with E-state index in [2.05, 4.69) is 20.7 Å². The minimum Gasteiger partial charge on any atom is -0.464 e. The number of halogens is 3. The molecular formula is C11H11BrF2O3. The second-order valence-electron chi connectivity index (χ2n) is 3.24. The normalized spacial score (nSPS) is 12.6. The Balaban J connectivity index is 2.93. The third-order valence-corrected chi connectivity index (χ3v) is 2.77. The largest absolute Gasteiger partial charge is 0.464 e. The van der Waals surface area contributed by atoms with Gasteiger partial charge in [0.2, 0.25) is 0 Å². The molecule has 1 rings (SSSR count). The van der Waals surface area contributed by atoms with Gasteiger partial charge in [-0.2, -0.15) is 0 Å². The van der Waals surface area contributed by atoms with Crippen molar-refractivity contribution in [2.75, 3.05) is 6.61 Å². The standard InChI is InChI=1S/C11H11BrF2O3/c1-2-17-11(16)9(15)6-3-4-7(10(13)14)8(12)5-6/h3-5,9-10,15H,2H2,1H3. The van der Waals surface area contributed by atoms with Crippen molar-refractivity contribution in [2.24, 2.45) is 0 Å². The second kappa shape index (κ2) is 6.07. The lowest BCUT2D eigenvalue weighted by Gasteiger charge is -2.11. The molecule has 1 atom stereocenters. The van der Waals surface area contributed by atoms with Gasteiger partial charge in [0.05, 0.1) is 6.61 Å². The maximum Gasteiger partial charge on any atom is 0.339 e. The zero-order valence-corrected chi connectivity index (χ0v) is 10.6. The first-order chi connectivity index (χ1) is 7.97. The molecule has 1 N–H and O–H groups in total. The van der Waals surface area contributed by atoms with Crippen LogP contribution in [0.1, 0.15) is 30.6 Å². The molecule has 6 heteroatoms. The van der Waals surface area contributed by atoms with Crippen LogP contribution in [0.2, 0.25) is 0 Å². The molecule has 1 aromatic carbocycles. The van der Waals surface area contributed by atoms with E-state index in [1.165, 1.54) is 12.1 Å². The highest BCUT2D eigenvalue weighted by Crippen LogP contribution is 2.30. The fraction of sp³-hybridized carbons (Fsp3) is 0.364. The molecule has 0 aromatic heterocycles. The first kappa shape index (κ1) is 14.1. The lowest BCUT2D eigenvalue weighted by Crippen LogP contribution is -2.15. The fourth-order valence-corrected chi connectivity index (χ4v) is 1.82. The number of carbonyl (C=O) groups is 1. The molecule has 0 spiro atoms. The Morgan fingerprint density at radius 1 is 1.53 bits per heavy atom. The van der Waals surface area contributed by atoms with E-state index in [9.17, 15) is 18.7 Å². The Bertz CT molecular complexity index is 410. The third-order valence-electron chi connectivity index (χ3n) is 2.09. The van der Waals surface area contributed by atoms with E-state index in [0.717, 1.165) is 6.07 Å². The van der Waals surface area contributed by atoms with Crippen molar-refractivity contribution in [1.82, 2.24) is 0 Å². The van der Waals surface area contributed by atoms with Crippen LogP contribution in [0.25, 0.3) is 0 Å². The fourth-order valence-electron chi connectivity index (χ4n) is 1.25. The number of carbonyl (C=O) groups excluding carboxylic acids is 1. The number of ether oxygens (including phenoxy) is 1. The van der Waals surface area contributed by atoms with Crippen LogP contribution in [0.3, 0.4) is 0 Å². The maximum atomic E-state index is 12.5. The van der Waals surface area contributed by atoms with Crippen molar-refractivity contribution in [1.29, 1.82) is 0 Å². The predicted octanol–water partition coefficient (Wildman–Crippen LogP) is 2.98. The van der Waals surface area contributed by atoms with Gasteiger partial charge in [-0.05, 0) is 18.6 Å². The number of benzene rings is 1. The van der Waals surface area contributed by atoms with E-state index in [4.69, 9.17) is 0 Å². The highest BCUT2D eigenvalue weighted by atomic mass is 79.9. The van der Waals surface area contributed by atoms with Gasteiger partial charge in [-0.15, -0.1) is 0 Å². The van der Waals surface area contributed by atoms with Gasteiger partial charge >= 0.3 is 5.97 Å². The lowest BCUT2D eigenvalue weighted by molar-refractivity contribution is -0.153. The molecule has 94 valence electrons. The summed E-state index contributed by atoms with van der Waals surface area (Å²) in [6.07, 6.45) is -4.07. The third kappa shape index (κ3) is 3.47. The van der Waals surface area contributed by atoms with Crippen molar-refractivity contribution in [3.8, 4) is 0 Å². The summed E-state index contributed by atoms with van der Waals surface area (Å²) >= 11 is 2.96. The Morgan fingerprint density at radius 2 is 2.18 bits per heavy atom. The van der Waals surface area contributed by atoms with E-state index in [-0.39, 0.29) is 22.2 Å². The summed E-state index contributed by atoms with van der Waals surface area (Å²) in [5, 5.41) is 9.59. The summed E-state index contributed by atoms with van der Waals surface area (Å²) in [4.78, 5) is 11.2. The van der Waals surface area contributed by atoms with Gasteiger partial charge in [-0.1, -0.05) is 28.1 Å². The molecule has 0 radical (unpaired) electrons. The average Bonchev–Trinajstić information content (AvgIpc) is 2.27. The van der Waals surface area contributed by atoms with Crippen molar-refractivity contribution in [3.05, 3.63) is 33.8 Å². The highest BCUT2D eigenvalue weighted by molar-refractivity contribution is 9.10. The monoisotopic (exact) mass is 308 g/mol. The van der Waals surface area contributed by atoms with Crippen LogP contribution in [0.15, 0.2) is 22.7 Å². The Kier molecular flexibility index (Phi) is 5.02. The SMILES string of the molecule is CCOC(=O)C(O)c1ccc(C(F)F)c(Br)c1. The van der Waals surface area contributed by atoms with Crippen LogP contribution in [0.4, 0.5) is 8.78 Å². The molecule has 0 aliphatic rings. The van der Waals surface area contributed by atoms with Crippen molar-refractivity contribution in [2.45, 2.75) is 19.5 Å². The van der Waals surface area contributed by atoms with Gasteiger partial charge in [-0.25, -0.2) is 13.6 Å². The number of aliphatic hydroxyl groups excluding tert-OH is 1. The van der Waals surface area contributed by atoms with E-state index >= 15 is 0 Å². The Hall–Kier alpha value is -1.01. The molecule has 3 nitrogen and oxygen atoms in total. The zero-order valence-electron chi connectivity index (χ0n) is 8.99. The maximum absolute atomic E-state index is 12.5. The Labute approximate surface area is 106 Å². The van der Waals surface area contributed by atoms with Gasteiger partial charge in [-0.3, -0.25) is 0 Å². The predicted molar refractivity (Wildman–Crippen MR) is 60.7 cm³/mol. The topological polar surface area (TPSA) is 46.5 Å². The van der Waals surface area contributed by atoms with Gasteiger partial charge in [0, 0.05) is 10.0 Å². The second-order valence-corrected chi connectivity index (χ2v) is 4.09. The number of hydrogen-bond acceptors (Lipinski definition) is 3. The van der Waals surface area contributed by atoms with Crippen LogP contribution < -0.4 is 0 Å². The van der Waals surface area contributed by atoms with E-state index in [1.54, 1.807) is 6.92 Å². The van der Waals surface area contributed by atoms with Crippen LogP contribution in [-0.2, 0) is 9.53 Å².